The minimum Gasteiger partial charge on any atom is -0.377 e. The minimum absolute atomic E-state index is 0.241. The molecule has 1 aliphatic rings. The normalized spacial score (nSPS) is 25.9. The van der Waals surface area contributed by atoms with Gasteiger partial charge in [0.15, 0.2) is 0 Å². The van der Waals surface area contributed by atoms with Crippen molar-refractivity contribution in [3.8, 4) is 0 Å². The summed E-state index contributed by atoms with van der Waals surface area (Å²) in [6.07, 6.45) is 2.46. The zero-order chi connectivity index (χ0) is 7.23. The monoisotopic (exact) mass is 144 g/mol. The van der Waals surface area contributed by atoms with E-state index in [9.17, 15) is 0 Å². The Morgan fingerprint density at radius 3 is 3.20 bits per heavy atom. The van der Waals surface area contributed by atoms with Gasteiger partial charge in [0.1, 0.15) is 6.61 Å². The van der Waals surface area contributed by atoms with E-state index in [1.165, 1.54) is 0 Å². The number of hydrogen-bond donors (Lipinski definition) is 0. The summed E-state index contributed by atoms with van der Waals surface area (Å²) in [5.74, 6) is 0. The topological polar surface area (TPSA) is 43.2 Å². The van der Waals surface area contributed by atoms with Crippen LogP contribution in [-0.4, -0.2) is 26.4 Å². The van der Waals surface area contributed by atoms with Gasteiger partial charge in [0.25, 0.3) is 0 Å². The molecule has 10 heavy (non-hydrogen) atoms. The number of nitrogens with zero attached hydrogens (tertiary/aromatic N) is 2. The highest BCUT2D eigenvalue weighted by Crippen LogP contribution is 2.11. The van der Waals surface area contributed by atoms with E-state index in [0.717, 1.165) is 19.4 Å². The molecule has 1 saturated heterocycles. The Hall–Kier alpha value is -0.640. The first-order chi connectivity index (χ1) is 4.93. The Kier molecular flexibility index (Phi) is 3.15. The molecule has 4 heteroatoms. The van der Waals surface area contributed by atoms with Crippen LogP contribution in [0.15, 0.2) is 10.4 Å². The van der Waals surface area contributed by atoms with Crippen LogP contribution in [0.1, 0.15) is 12.8 Å². The fraction of sp³-hybridized carbons (Fsp3) is 1.00. The van der Waals surface area contributed by atoms with Crippen LogP contribution in [0.2, 0.25) is 0 Å². The van der Waals surface area contributed by atoms with E-state index in [4.69, 9.17) is 9.57 Å². The van der Waals surface area contributed by atoms with Crippen LogP contribution in [0.5, 0.6) is 0 Å². The highest BCUT2D eigenvalue weighted by molar-refractivity contribution is 4.62. The van der Waals surface area contributed by atoms with Crippen molar-refractivity contribution >= 4 is 0 Å². The molecule has 1 rings (SSSR count). The smallest absolute Gasteiger partial charge is 0.145 e. The van der Waals surface area contributed by atoms with Gasteiger partial charge in [0.2, 0.25) is 0 Å². The predicted molar refractivity (Wildman–Crippen MR) is 35.7 cm³/mol. The van der Waals surface area contributed by atoms with Crippen LogP contribution >= 0.6 is 0 Å². The second kappa shape index (κ2) is 4.22. The summed E-state index contributed by atoms with van der Waals surface area (Å²) in [5, 5.41) is 6.82. The summed E-state index contributed by atoms with van der Waals surface area (Å²) in [6, 6.07) is 0. The van der Waals surface area contributed by atoms with E-state index in [1.54, 1.807) is 7.05 Å². The maximum absolute atomic E-state index is 5.27. The summed E-state index contributed by atoms with van der Waals surface area (Å²) in [5.41, 5.74) is 0. The van der Waals surface area contributed by atoms with E-state index in [0.29, 0.717) is 6.61 Å². The van der Waals surface area contributed by atoms with Gasteiger partial charge in [-0.15, -0.1) is 0 Å². The van der Waals surface area contributed by atoms with Crippen molar-refractivity contribution in [3.63, 3.8) is 0 Å². The summed E-state index contributed by atoms with van der Waals surface area (Å²) in [7, 11) is 1.58. The summed E-state index contributed by atoms with van der Waals surface area (Å²) in [4.78, 5) is 4.80. The molecule has 4 nitrogen and oxygen atoms in total. The predicted octanol–water partition coefficient (Wildman–Crippen LogP) is 1.18. The van der Waals surface area contributed by atoms with Gasteiger partial charge >= 0.3 is 0 Å². The van der Waals surface area contributed by atoms with Gasteiger partial charge in [-0.2, -0.15) is 5.11 Å². The Morgan fingerprint density at radius 1 is 1.70 bits per heavy atom. The molecule has 1 atom stereocenters. The Labute approximate surface area is 60.2 Å². The van der Waals surface area contributed by atoms with E-state index >= 15 is 0 Å². The van der Waals surface area contributed by atoms with Crippen LogP contribution in [0, 0.1) is 0 Å². The van der Waals surface area contributed by atoms with Gasteiger partial charge in [-0.05, 0) is 12.8 Å². The van der Waals surface area contributed by atoms with Crippen LogP contribution in [0.25, 0.3) is 0 Å². The lowest BCUT2D eigenvalue weighted by Crippen LogP contribution is -2.11. The first kappa shape index (κ1) is 7.47. The molecule has 0 amide bonds. The van der Waals surface area contributed by atoms with Gasteiger partial charge in [0.05, 0.1) is 13.2 Å². The largest absolute Gasteiger partial charge is 0.377 e. The molecule has 58 valence electrons. The van der Waals surface area contributed by atoms with E-state index in [-0.39, 0.29) is 6.10 Å². The van der Waals surface area contributed by atoms with Crippen LogP contribution < -0.4 is 0 Å². The molecule has 1 aliphatic heterocycles. The van der Waals surface area contributed by atoms with Gasteiger partial charge in [0, 0.05) is 11.9 Å². The lowest BCUT2D eigenvalue weighted by molar-refractivity contribution is 0.0120. The first-order valence-corrected chi connectivity index (χ1v) is 3.46. The maximum atomic E-state index is 5.27. The lowest BCUT2D eigenvalue weighted by Gasteiger charge is -2.04. The molecule has 1 heterocycles. The molecule has 0 radical (unpaired) electrons. The fourth-order valence-corrected chi connectivity index (χ4v) is 0.950. The minimum atomic E-state index is 0.241. The SMILES string of the molecule is CN=NOCC1CCCO1. The van der Waals surface area contributed by atoms with E-state index in [2.05, 4.69) is 10.4 Å². The second-order valence-corrected chi connectivity index (χ2v) is 2.21. The number of ether oxygens (including phenoxy) is 1. The van der Waals surface area contributed by atoms with Crippen molar-refractivity contribution in [2.75, 3.05) is 20.3 Å². The van der Waals surface area contributed by atoms with Crippen molar-refractivity contribution < 1.29 is 9.57 Å². The van der Waals surface area contributed by atoms with Gasteiger partial charge in [-0.25, -0.2) is 0 Å². The van der Waals surface area contributed by atoms with Crippen molar-refractivity contribution in [2.45, 2.75) is 18.9 Å². The Bertz CT molecular complexity index is 110. The molecule has 0 spiro atoms. The molecule has 0 aromatic carbocycles. The summed E-state index contributed by atoms with van der Waals surface area (Å²) < 4.78 is 5.27. The molecule has 1 fully saturated rings. The van der Waals surface area contributed by atoms with Crippen molar-refractivity contribution in [3.05, 3.63) is 0 Å². The Balaban J connectivity index is 2.01. The average Bonchev–Trinajstić information content (AvgIpc) is 2.41. The lowest BCUT2D eigenvalue weighted by atomic mass is 10.2. The van der Waals surface area contributed by atoms with E-state index in [1.807, 2.05) is 0 Å². The zero-order valence-corrected chi connectivity index (χ0v) is 6.12. The Morgan fingerprint density at radius 2 is 2.60 bits per heavy atom. The number of hydrogen-bond acceptors (Lipinski definition) is 4. The molecule has 0 bridgehead atoms. The third-order valence-corrected chi connectivity index (χ3v) is 1.42. The van der Waals surface area contributed by atoms with Crippen molar-refractivity contribution in [2.24, 2.45) is 10.4 Å². The van der Waals surface area contributed by atoms with Crippen molar-refractivity contribution in [1.82, 2.24) is 0 Å². The molecule has 0 saturated carbocycles. The van der Waals surface area contributed by atoms with Gasteiger partial charge in [-0.3, -0.25) is 0 Å². The molecular formula is C6H12N2O2. The third-order valence-electron chi connectivity index (χ3n) is 1.42. The highest BCUT2D eigenvalue weighted by atomic mass is 16.7. The fourth-order valence-electron chi connectivity index (χ4n) is 0.950. The molecular weight excluding hydrogens is 132 g/mol. The van der Waals surface area contributed by atoms with Crippen LogP contribution in [-0.2, 0) is 9.57 Å². The first-order valence-electron chi connectivity index (χ1n) is 3.46. The standard InChI is InChI=1S/C6H12N2O2/c1-7-8-10-5-6-3-2-4-9-6/h6H,2-5H2,1H3. The highest BCUT2D eigenvalue weighted by Gasteiger charge is 2.15. The van der Waals surface area contributed by atoms with Crippen LogP contribution in [0.3, 0.4) is 0 Å². The van der Waals surface area contributed by atoms with Gasteiger partial charge < -0.3 is 9.57 Å². The van der Waals surface area contributed by atoms with Crippen molar-refractivity contribution in [1.29, 1.82) is 0 Å². The quantitative estimate of drug-likeness (QED) is 0.441. The summed E-state index contributed by atoms with van der Waals surface area (Å²) >= 11 is 0. The molecule has 0 aromatic rings. The maximum Gasteiger partial charge on any atom is 0.145 e. The van der Waals surface area contributed by atoms with Crippen LogP contribution in [0.4, 0.5) is 0 Å². The zero-order valence-electron chi connectivity index (χ0n) is 6.12. The van der Waals surface area contributed by atoms with E-state index < -0.39 is 0 Å². The van der Waals surface area contributed by atoms with Gasteiger partial charge in [-0.1, -0.05) is 0 Å². The second-order valence-electron chi connectivity index (χ2n) is 2.21. The number of rotatable bonds is 3. The molecule has 1 unspecified atom stereocenters. The third kappa shape index (κ3) is 2.31. The summed E-state index contributed by atoms with van der Waals surface area (Å²) in [6.45, 7) is 1.40. The molecule has 0 aromatic heterocycles. The average molecular weight is 144 g/mol. The molecule has 0 aliphatic carbocycles. The molecule has 0 N–H and O–H groups in total.